The van der Waals surface area contributed by atoms with Gasteiger partial charge in [0, 0.05) is 26.1 Å². The molecule has 1 aromatic rings. The highest BCUT2D eigenvalue weighted by molar-refractivity contribution is 5.69. The smallest absolute Gasteiger partial charge is 0.305 e. The van der Waals surface area contributed by atoms with Crippen molar-refractivity contribution in [1.29, 1.82) is 0 Å². The van der Waals surface area contributed by atoms with E-state index in [0.717, 1.165) is 32.3 Å². The molecule has 0 spiro atoms. The summed E-state index contributed by atoms with van der Waals surface area (Å²) in [5, 5.41) is 0. The van der Waals surface area contributed by atoms with E-state index in [1.165, 1.54) is 5.56 Å². The lowest BCUT2D eigenvalue weighted by molar-refractivity contribution is -0.145. The van der Waals surface area contributed by atoms with Crippen LogP contribution in [-0.2, 0) is 25.6 Å². The van der Waals surface area contributed by atoms with Crippen LogP contribution in [-0.4, -0.2) is 32.9 Å². The van der Waals surface area contributed by atoms with Gasteiger partial charge in [-0.1, -0.05) is 43.7 Å². The zero-order valence-corrected chi connectivity index (χ0v) is 14.5. The molecule has 0 bridgehead atoms. The van der Waals surface area contributed by atoms with Crippen LogP contribution < -0.4 is 0 Å². The van der Waals surface area contributed by atoms with Gasteiger partial charge in [-0.05, 0) is 24.8 Å². The van der Waals surface area contributed by atoms with Crippen molar-refractivity contribution in [2.75, 3.05) is 26.9 Å². The molecule has 1 aromatic carbocycles. The number of hydrogen-bond donors (Lipinski definition) is 0. The third kappa shape index (κ3) is 10.1. The molecular weight excluding hydrogens is 292 g/mol. The second-order valence-corrected chi connectivity index (χ2v) is 5.79. The molecule has 0 fully saturated rings. The molecule has 1 atom stereocenters. The molecular formula is C19H30O4. The van der Waals surface area contributed by atoms with Crippen molar-refractivity contribution in [2.45, 2.75) is 45.6 Å². The summed E-state index contributed by atoms with van der Waals surface area (Å²) in [5.74, 6) is 0.162. The minimum Gasteiger partial charge on any atom is -0.465 e. The van der Waals surface area contributed by atoms with E-state index in [9.17, 15) is 4.79 Å². The first-order chi connectivity index (χ1) is 11.3. The van der Waals surface area contributed by atoms with Gasteiger partial charge in [0.05, 0.1) is 19.8 Å². The number of unbranched alkanes of at least 4 members (excludes halogenated alkanes) is 1. The highest BCUT2D eigenvalue weighted by Gasteiger charge is 2.11. The van der Waals surface area contributed by atoms with Gasteiger partial charge in [-0.3, -0.25) is 4.79 Å². The summed E-state index contributed by atoms with van der Waals surface area (Å²) in [6.07, 6.45) is 4.37. The van der Waals surface area contributed by atoms with Crippen molar-refractivity contribution in [2.24, 2.45) is 5.92 Å². The molecule has 0 aliphatic heterocycles. The highest BCUT2D eigenvalue weighted by Crippen LogP contribution is 2.11. The van der Waals surface area contributed by atoms with Crippen LogP contribution >= 0.6 is 0 Å². The lowest BCUT2D eigenvalue weighted by atomic mass is 10.0. The Kier molecular flexibility index (Phi) is 11.2. The van der Waals surface area contributed by atoms with E-state index in [1.807, 2.05) is 25.1 Å². The number of carbonyl (C=O) groups excluding carboxylic acids is 1. The van der Waals surface area contributed by atoms with E-state index in [2.05, 4.69) is 12.1 Å². The molecule has 0 heterocycles. The molecule has 1 rings (SSSR count). The van der Waals surface area contributed by atoms with Crippen molar-refractivity contribution < 1.29 is 19.0 Å². The molecule has 0 radical (unpaired) electrons. The quantitative estimate of drug-likeness (QED) is 0.407. The molecule has 0 saturated carbocycles. The average Bonchev–Trinajstić information content (AvgIpc) is 2.57. The van der Waals surface area contributed by atoms with E-state index in [4.69, 9.17) is 14.2 Å². The van der Waals surface area contributed by atoms with Crippen LogP contribution in [0.2, 0.25) is 0 Å². The van der Waals surface area contributed by atoms with Crippen LogP contribution in [0.25, 0.3) is 0 Å². The summed E-state index contributed by atoms with van der Waals surface area (Å²) < 4.78 is 16.2. The number of rotatable bonds is 13. The van der Waals surface area contributed by atoms with Gasteiger partial charge in [-0.25, -0.2) is 0 Å². The zero-order chi connectivity index (χ0) is 16.8. The largest absolute Gasteiger partial charge is 0.465 e. The van der Waals surface area contributed by atoms with Crippen molar-refractivity contribution in [3.63, 3.8) is 0 Å². The van der Waals surface area contributed by atoms with Gasteiger partial charge < -0.3 is 14.2 Å². The minimum atomic E-state index is -0.111. The number of hydrogen-bond acceptors (Lipinski definition) is 4. The van der Waals surface area contributed by atoms with E-state index in [1.54, 1.807) is 7.11 Å². The third-order valence-electron chi connectivity index (χ3n) is 3.60. The first kappa shape index (κ1) is 19.7. The van der Waals surface area contributed by atoms with Crippen LogP contribution in [0.3, 0.4) is 0 Å². The fourth-order valence-electron chi connectivity index (χ4n) is 2.34. The molecule has 0 amide bonds. The molecule has 4 nitrogen and oxygen atoms in total. The van der Waals surface area contributed by atoms with Gasteiger partial charge in [-0.2, -0.15) is 0 Å². The Morgan fingerprint density at radius 2 is 1.91 bits per heavy atom. The maximum Gasteiger partial charge on any atom is 0.305 e. The summed E-state index contributed by atoms with van der Waals surface area (Å²) in [7, 11) is 1.68. The number of methoxy groups -OCH3 is 1. The Morgan fingerprint density at radius 1 is 1.13 bits per heavy atom. The van der Waals surface area contributed by atoms with Gasteiger partial charge in [0.2, 0.25) is 0 Å². The van der Waals surface area contributed by atoms with Crippen LogP contribution in [0, 0.1) is 5.92 Å². The van der Waals surface area contributed by atoms with Crippen molar-refractivity contribution >= 4 is 5.97 Å². The Bertz CT molecular complexity index is 405. The van der Waals surface area contributed by atoms with Crippen LogP contribution in [0.15, 0.2) is 30.3 Å². The Balaban J connectivity index is 2.09. The molecule has 23 heavy (non-hydrogen) atoms. The Morgan fingerprint density at radius 3 is 2.61 bits per heavy atom. The topological polar surface area (TPSA) is 44.8 Å². The molecule has 1 unspecified atom stereocenters. The maximum absolute atomic E-state index is 11.4. The highest BCUT2D eigenvalue weighted by atomic mass is 16.5. The first-order valence-corrected chi connectivity index (χ1v) is 8.52. The second kappa shape index (κ2) is 13.1. The van der Waals surface area contributed by atoms with Crippen molar-refractivity contribution in [3.05, 3.63) is 35.9 Å². The molecule has 4 heteroatoms. The number of benzene rings is 1. The molecule has 0 aliphatic carbocycles. The van der Waals surface area contributed by atoms with Gasteiger partial charge >= 0.3 is 5.97 Å². The summed E-state index contributed by atoms with van der Waals surface area (Å²) in [4.78, 5) is 11.4. The SMILES string of the molecule is CCCC(=O)OCC(CCCCOCc1ccccc1)COC. The van der Waals surface area contributed by atoms with Crippen LogP contribution in [0.4, 0.5) is 0 Å². The number of carbonyl (C=O) groups is 1. The zero-order valence-electron chi connectivity index (χ0n) is 14.5. The van der Waals surface area contributed by atoms with Crippen molar-refractivity contribution in [1.82, 2.24) is 0 Å². The average molecular weight is 322 g/mol. The lowest BCUT2D eigenvalue weighted by Gasteiger charge is -2.16. The van der Waals surface area contributed by atoms with Crippen LogP contribution in [0.1, 0.15) is 44.6 Å². The molecule has 0 aliphatic rings. The molecule has 0 saturated heterocycles. The maximum atomic E-state index is 11.4. The summed E-state index contributed by atoms with van der Waals surface area (Å²) >= 11 is 0. The van der Waals surface area contributed by atoms with E-state index in [0.29, 0.717) is 26.2 Å². The van der Waals surface area contributed by atoms with E-state index in [-0.39, 0.29) is 11.9 Å². The van der Waals surface area contributed by atoms with Gasteiger partial charge in [-0.15, -0.1) is 0 Å². The monoisotopic (exact) mass is 322 g/mol. The molecule has 0 N–H and O–H groups in total. The van der Waals surface area contributed by atoms with Gasteiger partial charge in [0.1, 0.15) is 0 Å². The van der Waals surface area contributed by atoms with E-state index >= 15 is 0 Å². The predicted molar refractivity (Wildman–Crippen MR) is 91.2 cm³/mol. The van der Waals surface area contributed by atoms with Crippen molar-refractivity contribution in [3.8, 4) is 0 Å². The first-order valence-electron chi connectivity index (χ1n) is 8.52. The fraction of sp³-hybridized carbons (Fsp3) is 0.632. The predicted octanol–water partition coefficient (Wildman–Crippen LogP) is 3.98. The summed E-state index contributed by atoms with van der Waals surface area (Å²) in [6.45, 7) is 4.48. The van der Waals surface area contributed by atoms with Crippen LogP contribution in [0.5, 0.6) is 0 Å². The van der Waals surface area contributed by atoms with E-state index < -0.39 is 0 Å². The summed E-state index contributed by atoms with van der Waals surface area (Å²) in [6, 6.07) is 10.2. The fourth-order valence-corrected chi connectivity index (χ4v) is 2.34. The lowest BCUT2D eigenvalue weighted by Crippen LogP contribution is -2.18. The standard InChI is InChI=1S/C19H30O4/c1-3-9-19(20)23-16-18(14-21-2)12-7-8-13-22-15-17-10-5-4-6-11-17/h4-6,10-11,18H,3,7-9,12-16H2,1-2H3. The minimum absolute atomic E-state index is 0.111. The van der Waals surface area contributed by atoms with Gasteiger partial charge in [0.15, 0.2) is 0 Å². The Labute approximate surface area is 140 Å². The summed E-state index contributed by atoms with van der Waals surface area (Å²) in [5.41, 5.74) is 1.20. The normalized spacial score (nSPS) is 12.1. The second-order valence-electron chi connectivity index (χ2n) is 5.79. The number of ether oxygens (including phenoxy) is 3. The molecule has 130 valence electrons. The number of esters is 1. The van der Waals surface area contributed by atoms with Gasteiger partial charge in [0.25, 0.3) is 0 Å². The Hall–Kier alpha value is -1.39. The molecule has 0 aromatic heterocycles. The third-order valence-corrected chi connectivity index (χ3v) is 3.60.